The third kappa shape index (κ3) is 3.18. The molecular weight excluding hydrogens is 350 g/mol. The molecule has 0 radical (unpaired) electrons. The molecule has 0 fully saturated rings. The molecule has 136 valence electrons. The van der Waals surface area contributed by atoms with Gasteiger partial charge in [0.05, 0.1) is 31.4 Å². The number of nitriles is 1. The average Bonchev–Trinajstić information content (AvgIpc) is 2.92. The summed E-state index contributed by atoms with van der Waals surface area (Å²) in [6.45, 7) is -0.320. The minimum atomic E-state index is -0.557. The van der Waals surface area contributed by atoms with Crippen LogP contribution in [-0.4, -0.2) is 43.4 Å². The molecule has 8 nitrogen and oxygen atoms in total. The van der Waals surface area contributed by atoms with Gasteiger partial charge in [-0.3, -0.25) is 19.3 Å². The van der Waals surface area contributed by atoms with Gasteiger partial charge in [0.2, 0.25) is 0 Å². The van der Waals surface area contributed by atoms with Gasteiger partial charge in [-0.15, -0.1) is 0 Å². The summed E-state index contributed by atoms with van der Waals surface area (Å²) >= 11 is 0. The van der Waals surface area contributed by atoms with Crippen molar-refractivity contribution in [3.05, 3.63) is 53.1 Å². The Balaban J connectivity index is 1.84. The van der Waals surface area contributed by atoms with Crippen molar-refractivity contribution in [1.29, 1.82) is 5.26 Å². The molecule has 3 amide bonds. The molecule has 8 heteroatoms. The summed E-state index contributed by atoms with van der Waals surface area (Å²) in [5, 5.41) is 11.4. The van der Waals surface area contributed by atoms with Crippen LogP contribution >= 0.6 is 0 Å². The first-order chi connectivity index (χ1) is 13.0. The molecule has 0 aliphatic carbocycles. The highest BCUT2D eigenvalue weighted by atomic mass is 16.5. The predicted molar refractivity (Wildman–Crippen MR) is 94.9 cm³/mol. The van der Waals surface area contributed by atoms with Crippen LogP contribution in [-0.2, 0) is 0 Å². The van der Waals surface area contributed by atoms with Crippen LogP contribution in [0.5, 0.6) is 11.5 Å². The second kappa shape index (κ2) is 7.17. The van der Waals surface area contributed by atoms with Gasteiger partial charge in [0.25, 0.3) is 17.7 Å². The molecule has 0 saturated heterocycles. The first kappa shape index (κ1) is 17.9. The first-order valence-corrected chi connectivity index (χ1v) is 7.90. The lowest BCUT2D eigenvalue weighted by atomic mass is 10.1. The van der Waals surface area contributed by atoms with Crippen molar-refractivity contribution in [3.8, 4) is 17.6 Å². The van der Waals surface area contributed by atoms with Gasteiger partial charge in [-0.25, -0.2) is 0 Å². The summed E-state index contributed by atoms with van der Waals surface area (Å²) in [5.41, 5.74) is 1.05. The fourth-order valence-corrected chi connectivity index (χ4v) is 2.76. The SMILES string of the molecule is COc1ccc(C(=O)Nc2ccc3c(c2)C(=O)N(CC#N)C3=O)cc1OC. The molecule has 0 spiro atoms. The molecule has 2 aromatic carbocycles. The second-order valence-electron chi connectivity index (χ2n) is 5.64. The molecule has 1 N–H and O–H groups in total. The maximum absolute atomic E-state index is 12.5. The van der Waals surface area contributed by atoms with E-state index in [1.807, 2.05) is 0 Å². The van der Waals surface area contributed by atoms with Crippen LogP contribution in [0.2, 0.25) is 0 Å². The molecule has 1 aliphatic heterocycles. The Labute approximate surface area is 154 Å². The molecule has 2 aromatic rings. The van der Waals surface area contributed by atoms with E-state index in [1.165, 1.54) is 38.5 Å². The topological polar surface area (TPSA) is 109 Å². The van der Waals surface area contributed by atoms with E-state index in [1.54, 1.807) is 18.2 Å². The van der Waals surface area contributed by atoms with Crippen molar-refractivity contribution in [3.63, 3.8) is 0 Å². The van der Waals surface area contributed by atoms with E-state index in [9.17, 15) is 14.4 Å². The van der Waals surface area contributed by atoms with Gasteiger partial charge in [0.1, 0.15) is 6.54 Å². The largest absolute Gasteiger partial charge is 0.493 e. The Morgan fingerprint density at radius 3 is 2.41 bits per heavy atom. The van der Waals surface area contributed by atoms with Crippen LogP contribution in [0.4, 0.5) is 5.69 Å². The summed E-state index contributed by atoms with van der Waals surface area (Å²) in [4.78, 5) is 37.7. The summed E-state index contributed by atoms with van der Waals surface area (Å²) < 4.78 is 10.3. The van der Waals surface area contributed by atoms with E-state index in [2.05, 4.69) is 5.32 Å². The molecular formula is C19H15N3O5. The smallest absolute Gasteiger partial charge is 0.262 e. The summed E-state index contributed by atoms with van der Waals surface area (Å²) in [7, 11) is 2.96. The number of fused-ring (bicyclic) bond motifs is 1. The van der Waals surface area contributed by atoms with Crippen LogP contribution in [0.3, 0.4) is 0 Å². The Kier molecular flexibility index (Phi) is 4.77. The highest BCUT2D eigenvalue weighted by Gasteiger charge is 2.35. The number of benzene rings is 2. The monoisotopic (exact) mass is 365 g/mol. The molecule has 0 bridgehead atoms. The Morgan fingerprint density at radius 2 is 1.74 bits per heavy atom. The molecule has 27 heavy (non-hydrogen) atoms. The molecule has 0 atom stereocenters. The van der Waals surface area contributed by atoms with Crippen molar-refractivity contribution < 1.29 is 23.9 Å². The molecule has 0 unspecified atom stereocenters. The van der Waals surface area contributed by atoms with Gasteiger partial charge in [-0.05, 0) is 36.4 Å². The third-order valence-electron chi connectivity index (χ3n) is 4.10. The quantitative estimate of drug-likeness (QED) is 0.642. The maximum Gasteiger partial charge on any atom is 0.262 e. The minimum Gasteiger partial charge on any atom is -0.493 e. The van der Waals surface area contributed by atoms with E-state index in [-0.39, 0.29) is 17.7 Å². The van der Waals surface area contributed by atoms with Crippen LogP contribution in [0, 0.1) is 11.3 Å². The second-order valence-corrected chi connectivity index (χ2v) is 5.64. The number of hydrogen-bond donors (Lipinski definition) is 1. The fourth-order valence-electron chi connectivity index (χ4n) is 2.76. The summed E-state index contributed by atoms with van der Waals surface area (Å²) in [6.07, 6.45) is 0. The number of carbonyl (C=O) groups excluding carboxylic acids is 3. The van der Waals surface area contributed by atoms with Crippen LogP contribution in [0.15, 0.2) is 36.4 Å². The number of ether oxygens (including phenoxy) is 2. The predicted octanol–water partition coefficient (Wildman–Crippen LogP) is 2.08. The minimum absolute atomic E-state index is 0.153. The van der Waals surface area contributed by atoms with Crippen LogP contribution in [0.25, 0.3) is 0 Å². The zero-order chi connectivity index (χ0) is 19.6. The van der Waals surface area contributed by atoms with Gasteiger partial charge in [0.15, 0.2) is 11.5 Å². The van der Waals surface area contributed by atoms with Crippen molar-refractivity contribution in [2.45, 2.75) is 0 Å². The van der Waals surface area contributed by atoms with Crippen molar-refractivity contribution in [2.75, 3.05) is 26.1 Å². The normalized spacial score (nSPS) is 12.4. The Morgan fingerprint density at radius 1 is 1.04 bits per heavy atom. The van der Waals surface area contributed by atoms with Gasteiger partial charge in [-0.2, -0.15) is 5.26 Å². The number of anilines is 1. The lowest BCUT2D eigenvalue weighted by Crippen LogP contribution is -2.29. The Bertz CT molecular complexity index is 993. The van der Waals surface area contributed by atoms with E-state index in [4.69, 9.17) is 14.7 Å². The fraction of sp³-hybridized carbons (Fsp3) is 0.158. The van der Waals surface area contributed by atoms with Crippen LogP contribution < -0.4 is 14.8 Å². The van der Waals surface area contributed by atoms with Gasteiger partial charge < -0.3 is 14.8 Å². The molecule has 1 heterocycles. The van der Waals surface area contributed by atoms with E-state index in [0.29, 0.717) is 22.7 Å². The zero-order valence-electron chi connectivity index (χ0n) is 14.6. The van der Waals surface area contributed by atoms with Crippen molar-refractivity contribution in [1.82, 2.24) is 4.90 Å². The average molecular weight is 365 g/mol. The lowest BCUT2D eigenvalue weighted by molar-refractivity contribution is 0.0673. The van der Waals surface area contributed by atoms with Crippen molar-refractivity contribution >= 4 is 23.4 Å². The number of imide groups is 1. The summed E-state index contributed by atoms with van der Waals surface area (Å²) in [6, 6.07) is 10.9. The lowest BCUT2D eigenvalue weighted by Gasteiger charge is -2.10. The molecule has 3 rings (SSSR count). The molecule has 1 aliphatic rings. The van der Waals surface area contributed by atoms with Gasteiger partial charge >= 0.3 is 0 Å². The number of amides is 3. The molecule has 0 saturated carbocycles. The number of hydrogen-bond acceptors (Lipinski definition) is 6. The highest BCUT2D eigenvalue weighted by Crippen LogP contribution is 2.29. The molecule has 0 aromatic heterocycles. The Hall–Kier alpha value is -3.86. The van der Waals surface area contributed by atoms with E-state index < -0.39 is 17.7 Å². The number of methoxy groups -OCH3 is 2. The number of nitrogens with one attached hydrogen (secondary N) is 1. The number of nitrogens with zero attached hydrogens (tertiary/aromatic N) is 2. The van der Waals surface area contributed by atoms with Gasteiger partial charge in [0, 0.05) is 11.3 Å². The maximum atomic E-state index is 12.5. The summed E-state index contributed by atoms with van der Waals surface area (Å²) in [5.74, 6) is -0.588. The van der Waals surface area contributed by atoms with Gasteiger partial charge in [-0.1, -0.05) is 0 Å². The van der Waals surface area contributed by atoms with E-state index >= 15 is 0 Å². The highest BCUT2D eigenvalue weighted by molar-refractivity contribution is 6.22. The zero-order valence-corrected chi connectivity index (χ0v) is 14.6. The van der Waals surface area contributed by atoms with Crippen LogP contribution in [0.1, 0.15) is 31.1 Å². The number of carbonyl (C=O) groups is 3. The number of rotatable bonds is 5. The third-order valence-corrected chi connectivity index (χ3v) is 4.10. The first-order valence-electron chi connectivity index (χ1n) is 7.90. The van der Waals surface area contributed by atoms with E-state index in [0.717, 1.165) is 4.90 Å². The standard InChI is InChI=1S/C19H15N3O5/c1-26-15-6-3-11(9-16(15)27-2)17(23)21-12-4-5-13-14(10-12)19(25)22(8-7-20)18(13)24/h3-6,9-10H,8H2,1-2H3,(H,21,23). The van der Waals surface area contributed by atoms with Crippen molar-refractivity contribution in [2.24, 2.45) is 0 Å².